The van der Waals surface area contributed by atoms with Gasteiger partial charge in [0.05, 0.1) is 17.3 Å². The molecule has 1 N–H and O–H groups in total. The van der Waals surface area contributed by atoms with Crippen molar-refractivity contribution in [1.29, 1.82) is 0 Å². The first-order valence-corrected chi connectivity index (χ1v) is 5.59. The fraction of sp³-hybridized carbons (Fsp3) is 0. The monoisotopic (exact) mass is 253 g/mol. The van der Waals surface area contributed by atoms with Crippen LogP contribution in [0.25, 0.3) is 10.9 Å². The quantitative estimate of drug-likeness (QED) is 0.720. The second-order valence-electron chi connectivity index (χ2n) is 3.66. The highest BCUT2D eigenvalue weighted by Crippen LogP contribution is 2.05. The van der Waals surface area contributed by atoms with Crippen LogP contribution in [0.15, 0.2) is 60.8 Å². The maximum absolute atomic E-state index is 10.2. The minimum absolute atomic E-state index is 0.331. The molecule has 0 saturated heterocycles. The number of aromatic nitrogens is 3. The fourth-order valence-corrected chi connectivity index (χ4v) is 1.43. The van der Waals surface area contributed by atoms with Gasteiger partial charge < -0.3 is 5.11 Å². The Balaban J connectivity index is 0.000000141. The van der Waals surface area contributed by atoms with Crippen LogP contribution in [0.1, 0.15) is 10.4 Å². The molecule has 5 heteroatoms. The normalized spacial score (nSPS) is 9.47. The summed E-state index contributed by atoms with van der Waals surface area (Å²) in [6.07, 6.45) is 1.70. The summed E-state index contributed by atoms with van der Waals surface area (Å²) in [5.74, 6) is -0.879. The Morgan fingerprint density at radius 2 is 1.63 bits per heavy atom. The van der Waals surface area contributed by atoms with Crippen LogP contribution in [-0.4, -0.2) is 26.5 Å². The van der Waals surface area contributed by atoms with Crippen molar-refractivity contribution in [2.45, 2.75) is 0 Å². The average molecular weight is 253 g/mol. The average Bonchev–Trinajstić information content (AvgIpc) is 2.49. The van der Waals surface area contributed by atoms with Crippen molar-refractivity contribution in [2.75, 3.05) is 0 Å². The van der Waals surface area contributed by atoms with E-state index in [1.165, 1.54) is 0 Å². The van der Waals surface area contributed by atoms with Crippen molar-refractivity contribution in [3.8, 4) is 0 Å². The van der Waals surface area contributed by atoms with E-state index in [9.17, 15) is 4.79 Å². The molecule has 0 amide bonds. The molecule has 19 heavy (non-hydrogen) atoms. The molecule has 1 heterocycles. The van der Waals surface area contributed by atoms with Gasteiger partial charge in [0.1, 0.15) is 0 Å². The van der Waals surface area contributed by atoms with Crippen LogP contribution >= 0.6 is 0 Å². The Hall–Kier alpha value is -2.82. The Kier molecular flexibility index (Phi) is 4.12. The second-order valence-corrected chi connectivity index (χ2v) is 3.66. The van der Waals surface area contributed by atoms with Crippen LogP contribution in [0, 0.1) is 0 Å². The number of carbonyl (C=O) groups is 1. The molecular formula is C14H11N3O2. The van der Waals surface area contributed by atoms with Gasteiger partial charge in [-0.3, -0.25) is 0 Å². The zero-order chi connectivity index (χ0) is 13.5. The third-order valence-corrected chi connectivity index (χ3v) is 2.36. The van der Waals surface area contributed by atoms with Crippen LogP contribution in [-0.2, 0) is 0 Å². The van der Waals surface area contributed by atoms with Gasteiger partial charge in [-0.25, -0.2) is 4.79 Å². The van der Waals surface area contributed by atoms with Crippen molar-refractivity contribution >= 4 is 16.9 Å². The molecule has 0 bridgehead atoms. The number of fused-ring (bicyclic) bond motifs is 1. The van der Waals surface area contributed by atoms with Gasteiger partial charge in [0, 0.05) is 5.39 Å². The maximum atomic E-state index is 10.2. The first-order chi connectivity index (χ1) is 9.27. The largest absolute Gasteiger partial charge is 0.478 e. The van der Waals surface area contributed by atoms with E-state index in [1.54, 1.807) is 36.5 Å². The maximum Gasteiger partial charge on any atom is 0.335 e. The van der Waals surface area contributed by atoms with Crippen LogP contribution in [0.4, 0.5) is 0 Å². The summed E-state index contributed by atoms with van der Waals surface area (Å²) in [7, 11) is 0. The number of hydrogen-bond acceptors (Lipinski definition) is 4. The molecule has 0 aliphatic rings. The molecule has 0 aliphatic carbocycles. The van der Waals surface area contributed by atoms with E-state index in [4.69, 9.17) is 5.11 Å². The zero-order valence-electron chi connectivity index (χ0n) is 9.97. The zero-order valence-corrected chi connectivity index (χ0v) is 9.97. The molecule has 3 rings (SSSR count). The lowest BCUT2D eigenvalue weighted by Crippen LogP contribution is -1.93. The summed E-state index contributed by atoms with van der Waals surface area (Å²) in [6.45, 7) is 0. The van der Waals surface area contributed by atoms with E-state index in [0.717, 1.165) is 10.9 Å². The van der Waals surface area contributed by atoms with Crippen LogP contribution in [0.5, 0.6) is 0 Å². The highest BCUT2D eigenvalue weighted by atomic mass is 16.4. The van der Waals surface area contributed by atoms with Gasteiger partial charge in [0.2, 0.25) is 0 Å². The molecule has 5 nitrogen and oxygen atoms in total. The van der Waals surface area contributed by atoms with Crippen LogP contribution in [0.3, 0.4) is 0 Å². The van der Waals surface area contributed by atoms with E-state index in [1.807, 2.05) is 24.3 Å². The number of carboxylic acid groups (broad SMARTS) is 1. The molecule has 0 radical (unpaired) electrons. The van der Waals surface area contributed by atoms with E-state index in [-0.39, 0.29) is 0 Å². The van der Waals surface area contributed by atoms with E-state index < -0.39 is 5.97 Å². The van der Waals surface area contributed by atoms with Gasteiger partial charge in [-0.2, -0.15) is 0 Å². The van der Waals surface area contributed by atoms with Gasteiger partial charge in [0.25, 0.3) is 0 Å². The molecule has 1 aromatic heterocycles. The van der Waals surface area contributed by atoms with Gasteiger partial charge in [-0.15, -0.1) is 10.2 Å². The Bertz CT molecular complexity index is 606. The molecular weight excluding hydrogens is 242 g/mol. The Morgan fingerprint density at radius 1 is 0.947 bits per heavy atom. The van der Waals surface area contributed by atoms with Gasteiger partial charge in [-0.1, -0.05) is 36.4 Å². The summed E-state index contributed by atoms with van der Waals surface area (Å²) in [4.78, 5) is 10.2. The van der Waals surface area contributed by atoms with Crippen LogP contribution in [0.2, 0.25) is 0 Å². The minimum Gasteiger partial charge on any atom is -0.478 e. The highest BCUT2D eigenvalue weighted by Gasteiger charge is 1.96. The fourth-order valence-electron chi connectivity index (χ4n) is 1.43. The molecule has 0 fully saturated rings. The number of nitrogens with zero attached hydrogens (tertiary/aromatic N) is 3. The summed E-state index contributed by atoms with van der Waals surface area (Å²) in [5, 5.41) is 20.4. The second kappa shape index (κ2) is 6.20. The molecule has 94 valence electrons. The van der Waals surface area contributed by atoms with E-state index in [0.29, 0.717) is 5.56 Å². The predicted octanol–water partition coefficient (Wildman–Crippen LogP) is 2.41. The standard InChI is InChI=1S/C7H5N3.C7H6O2/c1-2-4-7-6(3-1)5-8-10-9-7;8-7(9)6-4-2-1-3-5-6/h1-5H;1-5H,(H,8,9). The minimum atomic E-state index is -0.879. The van der Waals surface area contributed by atoms with E-state index >= 15 is 0 Å². The number of carboxylic acids is 1. The van der Waals surface area contributed by atoms with E-state index in [2.05, 4.69) is 15.4 Å². The Labute approximate surface area is 109 Å². The number of benzene rings is 2. The first kappa shape index (κ1) is 12.6. The molecule has 2 aromatic carbocycles. The lowest BCUT2D eigenvalue weighted by atomic mass is 10.2. The molecule has 0 aliphatic heterocycles. The summed E-state index contributed by atoms with van der Waals surface area (Å²) >= 11 is 0. The topological polar surface area (TPSA) is 76.0 Å². The third-order valence-electron chi connectivity index (χ3n) is 2.36. The summed E-state index contributed by atoms with van der Waals surface area (Å²) in [5.41, 5.74) is 1.22. The Morgan fingerprint density at radius 3 is 2.26 bits per heavy atom. The smallest absolute Gasteiger partial charge is 0.335 e. The summed E-state index contributed by atoms with van der Waals surface area (Å²) < 4.78 is 0. The molecule has 0 atom stereocenters. The number of aromatic carboxylic acids is 1. The molecule has 0 saturated carbocycles. The van der Waals surface area contributed by atoms with Crippen molar-refractivity contribution in [3.05, 3.63) is 66.4 Å². The summed E-state index contributed by atoms with van der Waals surface area (Å²) in [6, 6.07) is 16.0. The van der Waals surface area contributed by atoms with Crippen molar-refractivity contribution in [1.82, 2.24) is 15.4 Å². The SMILES string of the molecule is O=C(O)c1ccccc1.c1ccc2nnncc2c1. The molecule has 0 spiro atoms. The number of rotatable bonds is 1. The third kappa shape index (κ3) is 3.57. The van der Waals surface area contributed by atoms with Gasteiger partial charge in [-0.05, 0) is 23.4 Å². The van der Waals surface area contributed by atoms with Crippen molar-refractivity contribution < 1.29 is 9.90 Å². The molecule has 0 unspecified atom stereocenters. The lowest BCUT2D eigenvalue weighted by molar-refractivity contribution is 0.0697. The van der Waals surface area contributed by atoms with Gasteiger partial charge >= 0.3 is 5.97 Å². The van der Waals surface area contributed by atoms with Crippen LogP contribution < -0.4 is 0 Å². The predicted molar refractivity (Wildman–Crippen MR) is 70.7 cm³/mol. The molecule has 3 aromatic rings. The van der Waals surface area contributed by atoms with Crippen molar-refractivity contribution in [3.63, 3.8) is 0 Å². The highest BCUT2D eigenvalue weighted by molar-refractivity contribution is 5.87. The number of hydrogen-bond donors (Lipinski definition) is 1. The van der Waals surface area contributed by atoms with Crippen molar-refractivity contribution in [2.24, 2.45) is 0 Å². The lowest BCUT2D eigenvalue weighted by Gasteiger charge is -1.89. The van der Waals surface area contributed by atoms with Gasteiger partial charge in [0.15, 0.2) is 0 Å². The first-order valence-electron chi connectivity index (χ1n) is 5.59.